The highest BCUT2D eigenvalue weighted by atomic mass is 16.2. The van der Waals surface area contributed by atoms with Crippen LogP contribution >= 0.6 is 0 Å². The number of rotatable bonds is 4. The topological polar surface area (TPSA) is 49.4 Å². The Bertz CT molecular complexity index is 600. The largest absolute Gasteiger partial charge is 0.353 e. The highest BCUT2D eigenvalue weighted by Crippen LogP contribution is 2.26. The van der Waals surface area contributed by atoms with Crippen molar-refractivity contribution in [2.75, 3.05) is 13.1 Å². The van der Waals surface area contributed by atoms with Gasteiger partial charge in [-0.1, -0.05) is 49.1 Å². The van der Waals surface area contributed by atoms with Crippen LogP contribution in [0.2, 0.25) is 0 Å². The lowest BCUT2D eigenvalue weighted by molar-refractivity contribution is -0.137. The maximum absolute atomic E-state index is 12.6. The van der Waals surface area contributed by atoms with E-state index in [1.54, 1.807) is 0 Å². The molecule has 4 nitrogen and oxygen atoms in total. The fourth-order valence-electron chi connectivity index (χ4n) is 4.14. The van der Waals surface area contributed by atoms with Crippen LogP contribution in [0.5, 0.6) is 0 Å². The molecule has 2 aliphatic rings. The first-order valence-electron chi connectivity index (χ1n) is 9.75. The maximum Gasteiger partial charge on any atom is 0.225 e. The third-order valence-corrected chi connectivity index (χ3v) is 5.57. The van der Waals surface area contributed by atoms with Gasteiger partial charge in [-0.3, -0.25) is 9.59 Å². The number of benzene rings is 1. The number of nitrogens with one attached hydrogen (secondary N) is 1. The van der Waals surface area contributed by atoms with Crippen LogP contribution in [0.4, 0.5) is 0 Å². The van der Waals surface area contributed by atoms with Crippen LogP contribution in [-0.2, 0) is 16.0 Å². The maximum atomic E-state index is 12.6. The number of aryl methyl sites for hydroxylation is 1. The molecule has 0 radical (unpaired) electrons. The van der Waals surface area contributed by atoms with E-state index in [9.17, 15) is 9.59 Å². The van der Waals surface area contributed by atoms with E-state index in [2.05, 4.69) is 11.4 Å². The number of carbonyl (C=O) groups is 2. The van der Waals surface area contributed by atoms with Crippen molar-refractivity contribution in [1.29, 1.82) is 0 Å². The van der Waals surface area contributed by atoms with E-state index in [-0.39, 0.29) is 17.9 Å². The van der Waals surface area contributed by atoms with Gasteiger partial charge in [0.25, 0.3) is 0 Å². The molecule has 1 aliphatic heterocycles. The van der Waals surface area contributed by atoms with Crippen molar-refractivity contribution in [2.24, 2.45) is 5.92 Å². The van der Waals surface area contributed by atoms with E-state index in [1.165, 1.54) is 24.8 Å². The van der Waals surface area contributed by atoms with Crippen molar-refractivity contribution < 1.29 is 9.59 Å². The van der Waals surface area contributed by atoms with Gasteiger partial charge in [-0.2, -0.15) is 0 Å². The summed E-state index contributed by atoms with van der Waals surface area (Å²) in [5.41, 5.74) is 2.24. The van der Waals surface area contributed by atoms with E-state index in [0.717, 1.165) is 44.3 Å². The average Bonchev–Trinajstić information content (AvgIpc) is 2.62. The fourth-order valence-corrected chi connectivity index (χ4v) is 4.14. The Morgan fingerprint density at radius 3 is 2.48 bits per heavy atom. The van der Waals surface area contributed by atoms with Crippen molar-refractivity contribution in [3.8, 4) is 0 Å². The molecule has 0 spiro atoms. The zero-order chi connectivity index (χ0) is 17.6. The molecule has 0 bridgehead atoms. The summed E-state index contributed by atoms with van der Waals surface area (Å²) < 4.78 is 0. The number of hydrogen-bond donors (Lipinski definition) is 1. The lowest BCUT2D eigenvalue weighted by Gasteiger charge is -2.35. The zero-order valence-electron chi connectivity index (χ0n) is 15.3. The van der Waals surface area contributed by atoms with Gasteiger partial charge in [-0.25, -0.2) is 0 Å². The second kappa shape index (κ2) is 8.50. The standard InChI is InChI=1S/C21H30N2O2/c1-16-6-5-7-17(14-16)15-20(24)22-19-10-12-23(13-11-19)21(25)18-8-3-2-4-9-18/h5-7,14,18-19H,2-4,8-13,15H2,1H3,(H,22,24). The first kappa shape index (κ1) is 18.0. The Labute approximate surface area is 151 Å². The molecule has 2 fully saturated rings. The molecule has 4 heteroatoms. The van der Waals surface area contributed by atoms with Crippen LogP contribution < -0.4 is 5.32 Å². The van der Waals surface area contributed by atoms with Gasteiger partial charge < -0.3 is 10.2 Å². The molecule has 2 amide bonds. The number of likely N-dealkylation sites (tertiary alicyclic amines) is 1. The van der Waals surface area contributed by atoms with Gasteiger partial charge in [0.2, 0.25) is 11.8 Å². The van der Waals surface area contributed by atoms with Gasteiger partial charge in [0, 0.05) is 25.0 Å². The van der Waals surface area contributed by atoms with E-state index in [0.29, 0.717) is 12.3 Å². The number of amides is 2. The molecule has 0 atom stereocenters. The predicted octanol–water partition coefficient (Wildman–Crippen LogP) is 3.23. The molecule has 1 aliphatic carbocycles. The Balaban J connectivity index is 1.42. The Kier molecular flexibility index (Phi) is 6.11. The van der Waals surface area contributed by atoms with Gasteiger partial charge in [-0.15, -0.1) is 0 Å². The summed E-state index contributed by atoms with van der Waals surface area (Å²) in [6, 6.07) is 8.30. The van der Waals surface area contributed by atoms with E-state index in [4.69, 9.17) is 0 Å². The molecule has 0 unspecified atom stereocenters. The second-order valence-electron chi connectivity index (χ2n) is 7.67. The fraction of sp³-hybridized carbons (Fsp3) is 0.619. The third-order valence-electron chi connectivity index (χ3n) is 5.57. The van der Waals surface area contributed by atoms with Crippen molar-refractivity contribution in [3.63, 3.8) is 0 Å². The van der Waals surface area contributed by atoms with E-state index >= 15 is 0 Å². The lowest BCUT2D eigenvalue weighted by atomic mass is 9.87. The van der Waals surface area contributed by atoms with Gasteiger partial charge >= 0.3 is 0 Å². The summed E-state index contributed by atoms with van der Waals surface area (Å²) in [5, 5.41) is 3.15. The molecule has 136 valence electrons. The van der Waals surface area contributed by atoms with Crippen molar-refractivity contribution >= 4 is 11.8 Å². The number of nitrogens with zero attached hydrogens (tertiary/aromatic N) is 1. The summed E-state index contributed by atoms with van der Waals surface area (Å²) in [7, 11) is 0. The first-order valence-corrected chi connectivity index (χ1v) is 9.75. The predicted molar refractivity (Wildman–Crippen MR) is 99.2 cm³/mol. The van der Waals surface area contributed by atoms with Crippen LogP contribution in [-0.4, -0.2) is 35.8 Å². The van der Waals surface area contributed by atoms with Gasteiger partial charge in [0.05, 0.1) is 6.42 Å². The molecule has 1 N–H and O–H groups in total. The van der Waals surface area contributed by atoms with Crippen molar-refractivity contribution in [2.45, 2.75) is 64.3 Å². The number of hydrogen-bond acceptors (Lipinski definition) is 2. The number of carbonyl (C=O) groups excluding carboxylic acids is 2. The van der Waals surface area contributed by atoms with Crippen molar-refractivity contribution in [3.05, 3.63) is 35.4 Å². The Morgan fingerprint density at radius 2 is 1.80 bits per heavy atom. The van der Waals surface area contributed by atoms with Crippen LogP contribution in [0.1, 0.15) is 56.1 Å². The summed E-state index contributed by atoms with van der Waals surface area (Å²) in [6.45, 7) is 3.61. The van der Waals surface area contributed by atoms with Gasteiger partial charge in [-0.05, 0) is 38.2 Å². The zero-order valence-corrected chi connectivity index (χ0v) is 15.3. The smallest absolute Gasteiger partial charge is 0.225 e. The quantitative estimate of drug-likeness (QED) is 0.913. The molecule has 1 aromatic carbocycles. The normalized spacial score (nSPS) is 19.6. The molecular weight excluding hydrogens is 312 g/mol. The molecule has 1 heterocycles. The van der Waals surface area contributed by atoms with E-state index in [1.807, 2.05) is 30.0 Å². The summed E-state index contributed by atoms with van der Waals surface area (Å²) >= 11 is 0. The second-order valence-corrected chi connectivity index (χ2v) is 7.67. The lowest BCUT2D eigenvalue weighted by Crippen LogP contribution is -2.48. The van der Waals surface area contributed by atoms with E-state index < -0.39 is 0 Å². The van der Waals surface area contributed by atoms with Crippen LogP contribution in [0, 0.1) is 12.8 Å². The number of piperidine rings is 1. The van der Waals surface area contributed by atoms with Crippen LogP contribution in [0.25, 0.3) is 0 Å². The molecule has 25 heavy (non-hydrogen) atoms. The average molecular weight is 342 g/mol. The highest BCUT2D eigenvalue weighted by Gasteiger charge is 2.29. The highest BCUT2D eigenvalue weighted by molar-refractivity contribution is 5.80. The molecule has 3 rings (SSSR count). The van der Waals surface area contributed by atoms with Gasteiger partial charge in [0.15, 0.2) is 0 Å². The van der Waals surface area contributed by atoms with Crippen LogP contribution in [0.15, 0.2) is 24.3 Å². The third kappa shape index (κ3) is 5.07. The van der Waals surface area contributed by atoms with Crippen LogP contribution in [0.3, 0.4) is 0 Å². The Hall–Kier alpha value is -1.84. The minimum absolute atomic E-state index is 0.0858. The van der Waals surface area contributed by atoms with Gasteiger partial charge in [0.1, 0.15) is 0 Å². The summed E-state index contributed by atoms with van der Waals surface area (Å²) in [6.07, 6.45) is 7.97. The molecular formula is C21H30N2O2. The van der Waals surface area contributed by atoms with Crippen molar-refractivity contribution in [1.82, 2.24) is 10.2 Å². The monoisotopic (exact) mass is 342 g/mol. The molecule has 1 saturated carbocycles. The molecule has 1 saturated heterocycles. The summed E-state index contributed by atoms with van der Waals surface area (Å²) in [5.74, 6) is 0.688. The summed E-state index contributed by atoms with van der Waals surface area (Å²) in [4.78, 5) is 26.9. The Morgan fingerprint density at radius 1 is 1.08 bits per heavy atom. The minimum Gasteiger partial charge on any atom is -0.353 e. The molecule has 0 aromatic heterocycles. The SMILES string of the molecule is Cc1cccc(CC(=O)NC2CCN(C(=O)C3CCCCC3)CC2)c1. The molecule has 1 aromatic rings. The first-order chi connectivity index (χ1) is 12.1. The minimum atomic E-state index is 0.0858.